The van der Waals surface area contributed by atoms with Crippen LogP contribution < -0.4 is 5.14 Å². The van der Waals surface area contributed by atoms with E-state index in [0.29, 0.717) is 45.8 Å². The van der Waals surface area contributed by atoms with Crippen LogP contribution in [0, 0.1) is 31.3 Å². The second kappa shape index (κ2) is 7.47. The Kier molecular flexibility index (Phi) is 5.06. The van der Waals surface area contributed by atoms with Crippen LogP contribution in [0.1, 0.15) is 17.1 Å². The van der Waals surface area contributed by atoms with E-state index < -0.39 is 32.4 Å². The van der Waals surface area contributed by atoms with Crippen molar-refractivity contribution in [3.63, 3.8) is 0 Å². The molecule has 31 heavy (non-hydrogen) atoms. The van der Waals surface area contributed by atoms with Crippen LogP contribution in [0.4, 0.5) is 13.2 Å². The summed E-state index contributed by atoms with van der Waals surface area (Å²) in [4.78, 5) is 8.13. The maximum atomic E-state index is 14.7. The number of pyridine rings is 1. The van der Waals surface area contributed by atoms with Gasteiger partial charge < -0.3 is 4.57 Å². The Labute approximate surface area is 176 Å². The van der Waals surface area contributed by atoms with Gasteiger partial charge in [0.15, 0.2) is 0 Å². The lowest BCUT2D eigenvalue weighted by Crippen LogP contribution is -2.14. The Morgan fingerprint density at radius 2 is 1.65 bits per heavy atom. The van der Waals surface area contributed by atoms with Crippen molar-refractivity contribution in [3.8, 4) is 11.1 Å². The Bertz CT molecular complexity index is 1410. The molecule has 2 N–H and O–H groups in total. The summed E-state index contributed by atoms with van der Waals surface area (Å²) in [5.74, 6) is -2.01. The van der Waals surface area contributed by atoms with Crippen LogP contribution in [-0.4, -0.2) is 23.0 Å². The smallest absolute Gasteiger partial charge is 0.238 e. The van der Waals surface area contributed by atoms with E-state index in [1.54, 1.807) is 36.7 Å². The first-order valence-corrected chi connectivity index (χ1v) is 10.7. The summed E-state index contributed by atoms with van der Waals surface area (Å²) in [6.45, 7) is 3.20. The van der Waals surface area contributed by atoms with Crippen molar-refractivity contribution in [1.29, 1.82) is 0 Å². The number of nitrogens with two attached hydrogens (primary N) is 1. The number of aryl methyl sites for hydroxylation is 2. The van der Waals surface area contributed by atoms with Gasteiger partial charge in [0.05, 0.1) is 23.2 Å². The van der Waals surface area contributed by atoms with Crippen molar-refractivity contribution in [2.45, 2.75) is 25.3 Å². The fraction of sp³-hybridized carbons (Fsp3) is 0.143. The Balaban J connectivity index is 1.93. The first kappa shape index (κ1) is 21.0. The molecule has 0 radical (unpaired) electrons. The number of imidazole rings is 1. The fourth-order valence-corrected chi connectivity index (χ4v) is 4.08. The molecular weight excluding hydrogens is 429 g/mol. The van der Waals surface area contributed by atoms with Crippen molar-refractivity contribution in [2.75, 3.05) is 0 Å². The molecule has 0 fully saturated rings. The summed E-state index contributed by atoms with van der Waals surface area (Å²) in [5, 5.41) is 4.98. The van der Waals surface area contributed by atoms with E-state index in [-0.39, 0.29) is 12.1 Å². The molecule has 0 spiro atoms. The number of halogens is 3. The highest BCUT2D eigenvalue weighted by atomic mass is 32.2. The van der Waals surface area contributed by atoms with Gasteiger partial charge in [0.25, 0.3) is 0 Å². The van der Waals surface area contributed by atoms with Gasteiger partial charge in [-0.05, 0) is 43.7 Å². The maximum Gasteiger partial charge on any atom is 0.238 e. The summed E-state index contributed by atoms with van der Waals surface area (Å²) in [6, 6.07) is 7.19. The Morgan fingerprint density at radius 1 is 1.03 bits per heavy atom. The minimum atomic E-state index is -4.26. The summed E-state index contributed by atoms with van der Waals surface area (Å²) < 4.78 is 67.3. The molecule has 0 saturated carbocycles. The van der Waals surface area contributed by atoms with E-state index in [0.717, 1.165) is 0 Å². The topological polar surface area (TPSA) is 90.9 Å². The third-order valence-electron chi connectivity index (χ3n) is 5.06. The second-order valence-corrected chi connectivity index (χ2v) is 8.68. The van der Waals surface area contributed by atoms with E-state index in [9.17, 15) is 21.6 Å². The molecule has 6 nitrogen and oxygen atoms in total. The lowest BCUT2D eigenvalue weighted by molar-refractivity contribution is 0.535. The van der Waals surface area contributed by atoms with Crippen LogP contribution in [0.3, 0.4) is 0 Å². The zero-order chi connectivity index (χ0) is 22.5. The molecule has 2 aromatic heterocycles. The number of fused-ring (bicyclic) bond motifs is 1. The molecule has 10 heteroatoms. The summed E-state index contributed by atoms with van der Waals surface area (Å²) in [7, 11) is -4.26. The van der Waals surface area contributed by atoms with Crippen molar-refractivity contribution in [2.24, 2.45) is 5.14 Å². The lowest BCUT2D eigenvalue weighted by Gasteiger charge is -2.14. The molecule has 2 aromatic carbocycles. The van der Waals surface area contributed by atoms with E-state index in [2.05, 4.69) is 9.97 Å². The van der Waals surface area contributed by atoms with Gasteiger partial charge >= 0.3 is 0 Å². The van der Waals surface area contributed by atoms with E-state index in [4.69, 9.17) is 5.14 Å². The highest BCUT2D eigenvalue weighted by molar-refractivity contribution is 7.89. The third-order valence-corrected chi connectivity index (χ3v) is 5.95. The highest BCUT2D eigenvalue weighted by Gasteiger charge is 2.21. The molecule has 0 aliphatic rings. The zero-order valence-electron chi connectivity index (χ0n) is 16.5. The second-order valence-electron chi connectivity index (χ2n) is 7.11. The first-order chi connectivity index (χ1) is 14.6. The van der Waals surface area contributed by atoms with Gasteiger partial charge in [0, 0.05) is 16.8 Å². The van der Waals surface area contributed by atoms with Gasteiger partial charge in [-0.1, -0.05) is 12.1 Å². The number of benzene rings is 2. The van der Waals surface area contributed by atoms with Gasteiger partial charge in [-0.15, -0.1) is 0 Å². The molecule has 2 heterocycles. The van der Waals surface area contributed by atoms with Gasteiger partial charge in [0.2, 0.25) is 10.0 Å². The highest BCUT2D eigenvalue weighted by Crippen LogP contribution is 2.32. The summed E-state index contributed by atoms with van der Waals surface area (Å²) >= 11 is 0. The Hall–Kier alpha value is -3.24. The zero-order valence-corrected chi connectivity index (χ0v) is 17.3. The Morgan fingerprint density at radius 3 is 2.23 bits per heavy atom. The monoisotopic (exact) mass is 446 g/mol. The van der Waals surface area contributed by atoms with Crippen LogP contribution in [0.15, 0.2) is 47.5 Å². The quantitative estimate of drug-likeness (QED) is 0.516. The van der Waals surface area contributed by atoms with Crippen molar-refractivity contribution < 1.29 is 21.6 Å². The molecule has 0 atom stereocenters. The van der Waals surface area contributed by atoms with Crippen LogP contribution in [0.25, 0.3) is 22.2 Å². The van der Waals surface area contributed by atoms with E-state index in [1.165, 1.54) is 12.1 Å². The normalized spacial score (nSPS) is 11.9. The van der Waals surface area contributed by atoms with Crippen molar-refractivity contribution in [3.05, 3.63) is 77.1 Å². The molecule has 0 aliphatic carbocycles. The number of hydrogen-bond acceptors (Lipinski definition) is 4. The van der Waals surface area contributed by atoms with Crippen LogP contribution in [-0.2, 0) is 16.6 Å². The molecule has 4 rings (SSSR count). The average molecular weight is 446 g/mol. The van der Waals surface area contributed by atoms with Gasteiger partial charge in [-0.3, -0.25) is 4.98 Å². The largest absolute Gasteiger partial charge is 0.323 e. The van der Waals surface area contributed by atoms with Crippen molar-refractivity contribution in [1.82, 2.24) is 14.5 Å². The van der Waals surface area contributed by atoms with Crippen LogP contribution >= 0.6 is 0 Å². The number of aromatic nitrogens is 3. The van der Waals surface area contributed by atoms with Gasteiger partial charge in [0.1, 0.15) is 28.8 Å². The third kappa shape index (κ3) is 3.79. The number of primary sulfonamides is 1. The van der Waals surface area contributed by atoms with Gasteiger partial charge in [-0.25, -0.2) is 31.7 Å². The van der Waals surface area contributed by atoms with Crippen LogP contribution in [0.2, 0.25) is 0 Å². The molecule has 0 unspecified atom stereocenters. The first-order valence-electron chi connectivity index (χ1n) is 9.15. The molecule has 4 aromatic rings. The van der Waals surface area contributed by atoms with Crippen LogP contribution in [0.5, 0.6) is 0 Å². The molecular formula is C21H17F3N4O2S. The maximum absolute atomic E-state index is 14.7. The minimum Gasteiger partial charge on any atom is -0.323 e. The standard InChI is InChI=1S/C21H17F3N4O2S/c1-11-20(13-3-5-14(22)6-4-13)21-19(9-26-11)27-12(2)28(21)10-16-17(23)7-15(8-18(16)24)31(25,29)30/h3-9H,10H2,1-2H3,(H2,25,29,30). The predicted molar refractivity (Wildman–Crippen MR) is 109 cm³/mol. The minimum absolute atomic E-state index is 0.247. The number of rotatable bonds is 4. The fourth-order valence-electron chi connectivity index (χ4n) is 3.54. The van der Waals surface area contributed by atoms with E-state index >= 15 is 0 Å². The number of nitrogens with zero attached hydrogens (tertiary/aromatic N) is 3. The average Bonchev–Trinajstić information content (AvgIpc) is 3.00. The number of hydrogen-bond donors (Lipinski definition) is 1. The SMILES string of the molecule is Cc1ncc2nc(C)n(Cc3c(F)cc(S(N)(=O)=O)cc3F)c2c1-c1ccc(F)cc1. The van der Waals surface area contributed by atoms with Gasteiger partial charge in [-0.2, -0.15) is 0 Å². The summed E-state index contributed by atoms with van der Waals surface area (Å²) in [5.41, 5.74) is 2.69. The molecule has 0 saturated heterocycles. The van der Waals surface area contributed by atoms with E-state index in [1.807, 2.05) is 0 Å². The molecule has 160 valence electrons. The number of sulfonamides is 1. The summed E-state index contributed by atoms with van der Waals surface area (Å²) in [6.07, 6.45) is 1.55. The predicted octanol–water partition coefficient (Wildman–Crippen LogP) is 3.83. The van der Waals surface area contributed by atoms with Crippen molar-refractivity contribution >= 4 is 21.1 Å². The molecule has 0 bridgehead atoms. The lowest BCUT2D eigenvalue weighted by atomic mass is 10.0. The molecule has 0 aliphatic heterocycles. The molecule has 0 amide bonds.